The molecule has 0 spiro atoms. The molecule has 3 aromatic rings. The first kappa shape index (κ1) is 16.9. The van der Waals surface area contributed by atoms with Crippen LogP contribution in [0.1, 0.15) is 41.3 Å². The average molecular weight is 334 g/mol. The normalized spacial score (nSPS) is 12.0. The third kappa shape index (κ3) is 3.45. The number of hydrogen-bond acceptors (Lipinski definition) is 3. The van der Waals surface area contributed by atoms with E-state index in [-0.39, 0.29) is 11.9 Å². The lowest BCUT2D eigenvalue weighted by atomic mass is 10.1. The zero-order valence-electron chi connectivity index (χ0n) is 14.7. The summed E-state index contributed by atoms with van der Waals surface area (Å²) in [5.41, 5.74) is 3.07. The highest BCUT2D eigenvalue weighted by Crippen LogP contribution is 2.24. The van der Waals surface area contributed by atoms with Gasteiger partial charge in [0.05, 0.1) is 11.7 Å². The predicted molar refractivity (Wildman–Crippen MR) is 98.1 cm³/mol. The number of nitrogens with one attached hydrogen (secondary N) is 1. The van der Waals surface area contributed by atoms with E-state index < -0.39 is 0 Å². The molecule has 2 heterocycles. The first-order valence-corrected chi connectivity index (χ1v) is 8.42. The first-order valence-electron chi connectivity index (χ1n) is 8.42. The molecule has 0 aliphatic carbocycles. The van der Waals surface area contributed by atoms with Gasteiger partial charge in [0.15, 0.2) is 0 Å². The number of nitrogens with zero attached hydrogens (tertiary/aromatic N) is 3. The van der Waals surface area contributed by atoms with Crippen LogP contribution < -0.4 is 0 Å². The maximum Gasteiger partial charge on any atom is 0.274 e. The van der Waals surface area contributed by atoms with Crippen molar-refractivity contribution in [3.8, 4) is 11.4 Å². The molecule has 0 bridgehead atoms. The van der Waals surface area contributed by atoms with E-state index >= 15 is 0 Å². The smallest absolute Gasteiger partial charge is 0.274 e. The van der Waals surface area contributed by atoms with E-state index in [0.29, 0.717) is 11.5 Å². The fourth-order valence-electron chi connectivity index (χ4n) is 2.96. The van der Waals surface area contributed by atoms with E-state index in [1.54, 1.807) is 11.1 Å². The maximum absolute atomic E-state index is 13.0. The molecule has 3 rings (SSSR count). The molecule has 0 aliphatic heterocycles. The summed E-state index contributed by atoms with van der Waals surface area (Å²) >= 11 is 0. The second-order valence-corrected chi connectivity index (χ2v) is 6.02. The lowest BCUT2D eigenvalue weighted by molar-refractivity contribution is 0.0716. The maximum atomic E-state index is 13.0. The summed E-state index contributed by atoms with van der Waals surface area (Å²) in [6.07, 6.45) is 2.54. The van der Waals surface area contributed by atoms with E-state index in [0.717, 1.165) is 23.4 Å². The molecule has 1 aromatic carbocycles. The van der Waals surface area contributed by atoms with Crippen molar-refractivity contribution in [3.05, 3.63) is 71.8 Å². The van der Waals surface area contributed by atoms with Crippen LogP contribution in [-0.4, -0.2) is 32.8 Å². The molecule has 0 radical (unpaired) electrons. The van der Waals surface area contributed by atoms with E-state index in [4.69, 9.17) is 0 Å². The number of amides is 1. The van der Waals surface area contributed by atoms with Crippen molar-refractivity contribution in [1.82, 2.24) is 19.9 Å². The molecule has 1 N–H and O–H groups in total. The highest BCUT2D eigenvalue weighted by atomic mass is 16.2. The second kappa shape index (κ2) is 7.30. The van der Waals surface area contributed by atoms with Gasteiger partial charge in [0, 0.05) is 24.5 Å². The number of pyridine rings is 1. The van der Waals surface area contributed by atoms with Crippen LogP contribution in [-0.2, 0) is 0 Å². The number of imidazole rings is 1. The van der Waals surface area contributed by atoms with Gasteiger partial charge in [-0.25, -0.2) is 4.98 Å². The van der Waals surface area contributed by atoms with Crippen LogP contribution in [0.4, 0.5) is 0 Å². The Morgan fingerprint density at radius 2 is 1.88 bits per heavy atom. The van der Waals surface area contributed by atoms with Crippen LogP contribution in [0.25, 0.3) is 11.4 Å². The number of H-pyrrole nitrogens is 1. The highest BCUT2D eigenvalue weighted by Gasteiger charge is 2.25. The van der Waals surface area contributed by atoms with Gasteiger partial charge in [-0.3, -0.25) is 9.78 Å². The summed E-state index contributed by atoms with van der Waals surface area (Å²) in [6, 6.07) is 15.5. The van der Waals surface area contributed by atoms with Gasteiger partial charge in [0.1, 0.15) is 11.5 Å². The number of carbonyl (C=O) groups is 1. The third-order valence-electron chi connectivity index (χ3n) is 4.34. The summed E-state index contributed by atoms with van der Waals surface area (Å²) in [5, 5.41) is 0. The van der Waals surface area contributed by atoms with Crippen LogP contribution in [0, 0.1) is 6.92 Å². The summed E-state index contributed by atoms with van der Waals surface area (Å²) in [6.45, 7) is 3.93. The predicted octanol–water partition coefficient (Wildman–Crippen LogP) is 4.00. The molecular weight excluding hydrogens is 312 g/mol. The Balaban J connectivity index is 1.89. The van der Waals surface area contributed by atoms with Crippen LogP contribution in [0.15, 0.2) is 54.7 Å². The van der Waals surface area contributed by atoms with Gasteiger partial charge in [0.2, 0.25) is 0 Å². The zero-order chi connectivity index (χ0) is 17.8. The Morgan fingerprint density at radius 3 is 2.52 bits per heavy atom. The molecule has 0 aliphatic rings. The molecule has 2 aromatic heterocycles. The third-order valence-corrected chi connectivity index (χ3v) is 4.34. The van der Waals surface area contributed by atoms with E-state index in [2.05, 4.69) is 21.9 Å². The minimum absolute atomic E-state index is 0.0787. The van der Waals surface area contributed by atoms with Gasteiger partial charge in [-0.2, -0.15) is 0 Å². The molecule has 5 heteroatoms. The highest BCUT2D eigenvalue weighted by molar-refractivity contribution is 5.94. The Morgan fingerprint density at radius 1 is 1.16 bits per heavy atom. The van der Waals surface area contributed by atoms with E-state index in [1.165, 1.54) is 0 Å². The number of carbonyl (C=O) groups excluding carboxylic acids is 1. The van der Waals surface area contributed by atoms with Gasteiger partial charge >= 0.3 is 0 Å². The van der Waals surface area contributed by atoms with Crippen molar-refractivity contribution in [2.45, 2.75) is 26.3 Å². The monoisotopic (exact) mass is 334 g/mol. The topological polar surface area (TPSA) is 61.9 Å². The zero-order valence-corrected chi connectivity index (χ0v) is 14.7. The van der Waals surface area contributed by atoms with Gasteiger partial charge < -0.3 is 9.88 Å². The van der Waals surface area contributed by atoms with Crippen molar-refractivity contribution in [1.29, 1.82) is 0 Å². The number of hydrogen-bond donors (Lipinski definition) is 1. The molecule has 1 atom stereocenters. The SMILES string of the molecule is CC[C@@H](c1ccccn1)N(C)C(=O)c1nc(-c2ccccc2)[nH]c1C. The molecule has 0 saturated heterocycles. The van der Waals surface area contributed by atoms with Crippen molar-refractivity contribution >= 4 is 5.91 Å². The van der Waals surface area contributed by atoms with Crippen LogP contribution in [0.2, 0.25) is 0 Å². The summed E-state index contributed by atoms with van der Waals surface area (Å²) < 4.78 is 0. The van der Waals surface area contributed by atoms with Crippen LogP contribution >= 0.6 is 0 Å². The number of aryl methyl sites for hydroxylation is 1. The Bertz CT molecular complexity index is 843. The number of benzene rings is 1. The van der Waals surface area contributed by atoms with Crippen molar-refractivity contribution in [3.63, 3.8) is 0 Å². The lowest BCUT2D eigenvalue weighted by Gasteiger charge is -2.26. The van der Waals surface area contributed by atoms with Gasteiger partial charge in [-0.15, -0.1) is 0 Å². The molecular formula is C20H22N4O. The quantitative estimate of drug-likeness (QED) is 0.767. The number of rotatable bonds is 5. The van der Waals surface area contributed by atoms with Crippen LogP contribution in [0.3, 0.4) is 0 Å². The molecule has 0 fully saturated rings. The Kier molecular flexibility index (Phi) is 4.93. The van der Waals surface area contributed by atoms with Gasteiger partial charge in [-0.05, 0) is 25.5 Å². The van der Waals surface area contributed by atoms with Crippen molar-refractivity contribution in [2.24, 2.45) is 0 Å². The summed E-state index contributed by atoms with van der Waals surface area (Å²) in [7, 11) is 1.81. The molecule has 0 saturated carbocycles. The molecule has 25 heavy (non-hydrogen) atoms. The fraction of sp³-hybridized carbons (Fsp3) is 0.250. The average Bonchev–Trinajstić information content (AvgIpc) is 3.05. The largest absolute Gasteiger partial charge is 0.341 e. The molecule has 128 valence electrons. The van der Waals surface area contributed by atoms with Crippen molar-refractivity contribution < 1.29 is 4.79 Å². The van der Waals surface area contributed by atoms with Gasteiger partial charge in [0.25, 0.3) is 5.91 Å². The van der Waals surface area contributed by atoms with Crippen LogP contribution in [0.5, 0.6) is 0 Å². The number of aromatic amines is 1. The molecule has 1 amide bonds. The standard InChI is InChI=1S/C20H22N4O/c1-4-17(16-12-8-9-13-21-16)24(3)20(25)18-14(2)22-19(23-18)15-10-6-5-7-11-15/h5-13,17H,4H2,1-3H3,(H,22,23)/t17-/m0/s1. The minimum atomic E-state index is -0.103. The second-order valence-electron chi connectivity index (χ2n) is 6.02. The number of aromatic nitrogens is 3. The first-order chi connectivity index (χ1) is 12.1. The minimum Gasteiger partial charge on any atom is -0.341 e. The fourth-order valence-corrected chi connectivity index (χ4v) is 2.96. The Labute approximate surface area is 147 Å². The molecule has 0 unspecified atom stereocenters. The lowest BCUT2D eigenvalue weighted by Crippen LogP contribution is -2.32. The molecule has 5 nitrogen and oxygen atoms in total. The van der Waals surface area contributed by atoms with E-state index in [9.17, 15) is 4.79 Å². The van der Waals surface area contributed by atoms with Gasteiger partial charge in [-0.1, -0.05) is 43.3 Å². The summed E-state index contributed by atoms with van der Waals surface area (Å²) in [4.78, 5) is 26.9. The van der Waals surface area contributed by atoms with Crippen molar-refractivity contribution in [2.75, 3.05) is 7.05 Å². The Hall–Kier alpha value is -2.95. The van der Waals surface area contributed by atoms with E-state index in [1.807, 2.05) is 62.5 Å². The summed E-state index contributed by atoms with van der Waals surface area (Å²) in [5.74, 6) is 0.606.